The van der Waals surface area contributed by atoms with E-state index in [-0.39, 0.29) is 47.3 Å². The monoisotopic (exact) mass is 451 g/mol. The predicted octanol–water partition coefficient (Wildman–Crippen LogP) is 2.48. The lowest BCUT2D eigenvalue weighted by Crippen LogP contribution is -2.42. The number of amides is 1. The normalized spacial score (nSPS) is 14.2. The standard InChI is InChI=1S/C20H26FN5O6/c1-12(2)31-20(28)26-8-6-13(7-9-26)32-19-16(29-3)18(22-10-23-19)24-14-4-5-15(30-11-27)25-17(14)21/h4-5,10,12-13,27H,6-9,11H2,1-3H3,(H,22,23,24). The largest absolute Gasteiger partial charge is 0.489 e. The zero-order valence-electron chi connectivity index (χ0n) is 18.1. The minimum atomic E-state index is -0.847. The number of rotatable bonds is 8. The van der Waals surface area contributed by atoms with E-state index in [1.54, 1.807) is 18.7 Å². The predicted molar refractivity (Wildman–Crippen MR) is 111 cm³/mol. The first-order valence-corrected chi connectivity index (χ1v) is 10.1. The van der Waals surface area contributed by atoms with Gasteiger partial charge in [0, 0.05) is 32.0 Å². The number of likely N-dealkylation sites (tertiary alicyclic amines) is 1. The summed E-state index contributed by atoms with van der Waals surface area (Å²) < 4.78 is 35.6. The Morgan fingerprint density at radius 2 is 2.06 bits per heavy atom. The molecule has 0 bridgehead atoms. The van der Waals surface area contributed by atoms with Crippen LogP contribution in [-0.4, -0.2) is 70.3 Å². The first-order valence-electron chi connectivity index (χ1n) is 10.1. The van der Waals surface area contributed by atoms with Crippen LogP contribution in [0.15, 0.2) is 18.5 Å². The number of aliphatic hydroxyl groups is 1. The van der Waals surface area contributed by atoms with Crippen LogP contribution in [0.5, 0.6) is 17.5 Å². The topological polar surface area (TPSA) is 128 Å². The molecule has 11 nitrogen and oxygen atoms in total. The molecule has 1 aliphatic rings. The lowest BCUT2D eigenvalue weighted by atomic mass is 10.1. The molecule has 1 saturated heterocycles. The Kier molecular flexibility index (Phi) is 7.82. The third-order valence-electron chi connectivity index (χ3n) is 4.58. The maximum absolute atomic E-state index is 14.3. The minimum Gasteiger partial charge on any atom is -0.489 e. The van der Waals surface area contributed by atoms with Crippen molar-refractivity contribution in [3.8, 4) is 17.5 Å². The summed E-state index contributed by atoms with van der Waals surface area (Å²) in [4.78, 5) is 25.5. The number of carbonyl (C=O) groups is 1. The van der Waals surface area contributed by atoms with Crippen LogP contribution in [-0.2, 0) is 4.74 Å². The van der Waals surface area contributed by atoms with E-state index in [9.17, 15) is 9.18 Å². The van der Waals surface area contributed by atoms with E-state index in [2.05, 4.69) is 20.3 Å². The van der Waals surface area contributed by atoms with E-state index >= 15 is 0 Å². The highest BCUT2D eigenvalue weighted by molar-refractivity contribution is 5.68. The molecular weight excluding hydrogens is 425 g/mol. The molecule has 3 heterocycles. The fourth-order valence-corrected chi connectivity index (χ4v) is 3.09. The Labute approximate surface area is 184 Å². The number of aliphatic hydroxyl groups excluding tert-OH is 1. The molecule has 2 N–H and O–H groups in total. The molecule has 1 fully saturated rings. The zero-order chi connectivity index (χ0) is 23.1. The molecule has 0 aliphatic carbocycles. The smallest absolute Gasteiger partial charge is 0.410 e. The van der Waals surface area contributed by atoms with E-state index in [1.165, 1.54) is 25.6 Å². The van der Waals surface area contributed by atoms with E-state index in [0.717, 1.165) is 0 Å². The second-order valence-corrected chi connectivity index (χ2v) is 7.18. The van der Waals surface area contributed by atoms with E-state index in [1.807, 2.05) is 0 Å². The Balaban J connectivity index is 1.67. The maximum atomic E-state index is 14.3. The van der Waals surface area contributed by atoms with Gasteiger partial charge in [-0.25, -0.2) is 9.78 Å². The Hall–Kier alpha value is -3.41. The van der Waals surface area contributed by atoms with Crippen LogP contribution in [0.3, 0.4) is 0 Å². The van der Waals surface area contributed by atoms with Crippen LogP contribution in [0.1, 0.15) is 26.7 Å². The van der Waals surface area contributed by atoms with Gasteiger partial charge in [-0.2, -0.15) is 14.4 Å². The van der Waals surface area contributed by atoms with Gasteiger partial charge in [0.25, 0.3) is 5.88 Å². The van der Waals surface area contributed by atoms with Gasteiger partial charge in [0.2, 0.25) is 17.6 Å². The van der Waals surface area contributed by atoms with Crippen LogP contribution in [0.25, 0.3) is 0 Å². The number of nitrogens with one attached hydrogen (secondary N) is 1. The van der Waals surface area contributed by atoms with Crippen molar-refractivity contribution in [2.45, 2.75) is 38.9 Å². The van der Waals surface area contributed by atoms with Crippen molar-refractivity contribution in [3.63, 3.8) is 0 Å². The van der Waals surface area contributed by atoms with Gasteiger partial charge in [0.05, 0.1) is 18.9 Å². The Morgan fingerprint density at radius 1 is 1.31 bits per heavy atom. The number of ether oxygens (including phenoxy) is 4. The molecule has 12 heteroatoms. The van der Waals surface area contributed by atoms with Crippen molar-refractivity contribution in [1.82, 2.24) is 19.9 Å². The van der Waals surface area contributed by atoms with Crippen molar-refractivity contribution in [2.24, 2.45) is 0 Å². The molecule has 0 aromatic carbocycles. The van der Waals surface area contributed by atoms with Gasteiger partial charge in [-0.15, -0.1) is 0 Å². The average molecular weight is 451 g/mol. The zero-order valence-corrected chi connectivity index (χ0v) is 18.1. The molecule has 1 amide bonds. The first-order chi connectivity index (χ1) is 15.4. The molecule has 0 spiro atoms. The number of hydrogen-bond acceptors (Lipinski definition) is 10. The van der Waals surface area contributed by atoms with Crippen LogP contribution in [0.4, 0.5) is 20.7 Å². The number of nitrogens with zero attached hydrogens (tertiary/aromatic N) is 4. The lowest BCUT2D eigenvalue weighted by molar-refractivity contribution is 0.0500. The highest BCUT2D eigenvalue weighted by Crippen LogP contribution is 2.35. The van der Waals surface area contributed by atoms with Crippen molar-refractivity contribution >= 4 is 17.6 Å². The fraction of sp³-hybridized carbons (Fsp3) is 0.500. The molecular formula is C20H26FN5O6. The second kappa shape index (κ2) is 10.8. The number of hydrogen-bond donors (Lipinski definition) is 2. The number of piperidine rings is 1. The van der Waals surface area contributed by atoms with E-state index < -0.39 is 12.7 Å². The van der Waals surface area contributed by atoms with Crippen LogP contribution in [0, 0.1) is 5.95 Å². The molecule has 0 radical (unpaired) electrons. The summed E-state index contributed by atoms with van der Waals surface area (Å²) in [6.07, 6.45) is 1.75. The molecule has 32 heavy (non-hydrogen) atoms. The van der Waals surface area contributed by atoms with Crippen molar-refractivity contribution in [2.75, 3.05) is 32.3 Å². The van der Waals surface area contributed by atoms with E-state index in [4.69, 9.17) is 24.1 Å². The Morgan fingerprint density at radius 3 is 2.69 bits per heavy atom. The molecule has 174 valence electrons. The Bertz CT molecular complexity index is 923. The summed E-state index contributed by atoms with van der Waals surface area (Å²) in [5, 5.41) is 11.5. The summed E-state index contributed by atoms with van der Waals surface area (Å²) in [7, 11) is 1.42. The SMILES string of the molecule is COc1c(Nc2ccc(OCO)nc2F)ncnc1OC1CCN(C(=O)OC(C)C)CC1. The van der Waals surface area contributed by atoms with Crippen molar-refractivity contribution < 1.29 is 33.2 Å². The van der Waals surface area contributed by atoms with Gasteiger partial charge < -0.3 is 34.3 Å². The average Bonchev–Trinajstić information content (AvgIpc) is 2.76. The molecule has 3 rings (SSSR count). The number of aromatic nitrogens is 3. The molecule has 0 unspecified atom stereocenters. The highest BCUT2D eigenvalue weighted by Gasteiger charge is 2.27. The number of methoxy groups -OCH3 is 1. The van der Waals surface area contributed by atoms with Gasteiger partial charge in [-0.1, -0.05) is 0 Å². The summed E-state index contributed by atoms with van der Waals surface area (Å²) in [5.41, 5.74) is 0.0233. The summed E-state index contributed by atoms with van der Waals surface area (Å²) in [5.74, 6) is -0.324. The number of carbonyl (C=O) groups excluding carboxylic acids is 1. The van der Waals surface area contributed by atoms with E-state index in [0.29, 0.717) is 25.9 Å². The van der Waals surface area contributed by atoms with Crippen LogP contribution >= 0.6 is 0 Å². The molecule has 0 atom stereocenters. The number of pyridine rings is 1. The van der Waals surface area contributed by atoms with Crippen molar-refractivity contribution in [3.05, 3.63) is 24.4 Å². The lowest BCUT2D eigenvalue weighted by Gasteiger charge is -2.31. The first kappa shape index (κ1) is 23.3. The molecule has 0 saturated carbocycles. The molecule has 2 aromatic rings. The quantitative estimate of drug-likeness (QED) is 0.456. The summed E-state index contributed by atoms with van der Waals surface area (Å²) in [6.45, 7) is 3.99. The maximum Gasteiger partial charge on any atom is 0.410 e. The minimum absolute atomic E-state index is 0.0233. The second-order valence-electron chi connectivity index (χ2n) is 7.18. The van der Waals surface area contributed by atoms with Gasteiger partial charge in [-0.3, -0.25) is 0 Å². The van der Waals surface area contributed by atoms with Crippen molar-refractivity contribution in [1.29, 1.82) is 0 Å². The third-order valence-corrected chi connectivity index (χ3v) is 4.58. The highest BCUT2D eigenvalue weighted by atomic mass is 19.1. The summed E-state index contributed by atoms with van der Waals surface area (Å²) in [6, 6.07) is 2.78. The van der Waals surface area contributed by atoms with Gasteiger partial charge in [0.15, 0.2) is 12.6 Å². The van der Waals surface area contributed by atoms with Gasteiger partial charge in [-0.05, 0) is 19.9 Å². The number of halogens is 1. The molecule has 2 aromatic heterocycles. The number of anilines is 2. The van der Waals surface area contributed by atoms with Gasteiger partial charge >= 0.3 is 6.09 Å². The third kappa shape index (κ3) is 5.84. The fourth-order valence-electron chi connectivity index (χ4n) is 3.09. The van der Waals surface area contributed by atoms with Crippen LogP contribution < -0.4 is 19.5 Å². The molecule has 1 aliphatic heterocycles. The van der Waals surface area contributed by atoms with Gasteiger partial charge in [0.1, 0.15) is 12.4 Å². The van der Waals surface area contributed by atoms with Crippen LogP contribution in [0.2, 0.25) is 0 Å². The summed E-state index contributed by atoms with van der Waals surface area (Å²) >= 11 is 0.